The van der Waals surface area contributed by atoms with Gasteiger partial charge in [-0.05, 0) is 69.4 Å². The van der Waals surface area contributed by atoms with Crippen LogP contribution in [-0.2, 0) is 0 Å². The van der Waals surface area contributed by atoms with Crippen molar-refractivity contribution >= 4 is 39.9 Å². The number of methoxy groups -OCH3 is 2. The maximum Gasteiger partial charge on any atom is 0.327 e. The van der Waals surface area contributed by atoms with E-state index >= 15 is 0 Å². The molecule has 0 radical (unpaired) electrons. The number of hydrogen-bond acceptors (Lipinski definition) is 7. The van der Waals surface area contributed by atoms with Crippen molar-refractivity contribution in [3.8, 4) is 11.5 Å². The molecule has 4 aromatic rings. The first kappa shape index (κ1) is 29.2. The SMILES string of the molecule is COc1ccc(N(C(=O)Nc2ccc(Cl)cc2)C(C)c2nc3ccc(C)cc3c(=O)n2N2CCN(C)CC2)c(OC)c1. The van der Waals surface area contributed by atoms with Gasteiger partial charge in [-0.1, -0.05) is 23.2 Å². The Morgan fingerprint density at radius 2 is 1.71 bits per heavy atom. The molecule has 220 valence electrons. The van der Waals surface area contributed by atoms with E-state index in [-0.39, 0.29) is 5.56 Å². The number of urea groups is 1. The van der Waals surface area contributed by atoms with E-state index in [1.54, 1.807) is 59.2 Å². The van der Waals surface area contributed by atoms with Crippen LogP contribution in [0.1, 0.15) is 24.4 Å². The van der Waals surface area contributed by atoms with E-state index in [2.05, 4.69) is 17.3 Å². The number of rotatable bonds is 7. The number of nitrogens with one attached hydrogen (secondary N) is 1. The normalized spacial score (nSPS) is 14.5. The molecule has 1 fully saturated rings. The maximum atomic E-state index is 14.1. The minimum atomic E-state index is -0.697. The highest BCUT2D eigenvalue weighted by Crippen LogP contribution is 2.37. The van der Waals surface area contributed by atoms with E-state index in [1.807, 2.05) is 37.1 Å². The van der Waals surface area contributed by atoms with E-state index < -0.39 is 12.1 Å². The fourth-order valence-corrected chi connectivity index (χ4v) is 5.28. The molecular weight excluding hydrogens is 556 g/mol. The van der Waals surface area contributed by atoms with Gasteiger partial charge in [0.25, 0.3) is 5.56 Å². The van der Waals surface area contributed by atoms with Crippen molar-refractivity contribution in [1.29, 1.82) is 0 Å². The van der Waals surface area contributed by atoms with E-state index in [4.69, 9.17) is 26.1 Å². The highest BCUT2D eigenvalue weighted by Gasteiger charge is 2.32. The topological polar surface area (TPSA) is 92.2 Å². The molecule has 1 N–H and O–H groups in total. The molecule has 11 heteroatoms. The summed E-state index contributed by atoms with van der Waals surface area (Å²) in [6, 6.07) is 16.6. The maximum absolute atomic E-state index is 14.1. The molecule has 3 aromatic carbocycles. The molecule has 2 amide bonds. The zero-order chi connectivity index (χ0) is 30.0. The van der Waals surface area contributed by atoms with Crippen LogP contribution >= 0.6 is 11.6 Å². The molecule has 0 aliphatic carbocycles. The molecule has 1 unspecified atom stereocenters. The van der Waals surface area contributed by atoms with Gasteiger partial charge < -0.3 is 24.7 Å². The lowest BCUT2D eigenvalue weighted by atomic mass is 10.1. The van der Waals surface area contributed by atoms with Crippen molar-refractivity contribution in [2.24, 2.45) is 0 Å². The third-order valence-electron chi connectivity index (χ3n) is 7.51. The molecule has 1 atom stereocenters. The number of amides is 2. The first-order valence-corrected chi connectivity index (χ1v) is 14.1. The third kappa shape index (κ3) is 5.86. The molecule has 42 heavy (non-hydrogen) atoms. The van der Waals surface area contributed by atoms with Gasteiger partial charge in [0, 0.05) is 43.0 Å². The first-order chi connectivity index (χ1) is 20.2. The Bertz CT molecular complexity index is 1650. The summed E-state index contributed by atoms with van der Waals surface area (Å²) in [5, 5.41) is 6.07. The Balaban J connectivity index is 1.69. The summed E-state index contributed by atoms with van der Waals surface area (Å²) in [5.74, 6) is 1.44. The first-order valence-electron chi connectivity index (χ1n) is 13.7. The number of likely N-dealkylation sites (N-methyl/N-ethyl adjacent to an activating group) is 1. The lowest BCUT2D eigenvalue weighted by molar-refractivity contribution is 0.253. The average Bonchev–Trinajstić information content (AvgIpc) is 2.99. The van der Waals surface area contributed by atoms with Crippen LogP contribution in [0.4, 0.5) is 16.2 Å². The van der Waals surface area contributed by atoms with Gasteiger partial charge in [-0.2, -0.15) is 0 Å². The van der Waals surface area contributed by atoms with E-state index in [0.29, 0.717) is 57.7 Å². The predicted molar refractivity (Wildman–Crippen MR) is 167 cm³/mol. The second-order valence-electron chi connectivity index (χ2n) is 10.4. The fourth-order valence-electron chi connectivity index (χ4n) is 5.16. The Hall–Kier alpha value is -4.28. The average molecular weight is 591 g/mol. The summed E-state index contributed by atoms with van der Waals surface area (Å²) in [6.07, 6.45) is 0. The summed E-state index contributed by atoms with van der Waals surface area (Å²) in [5.41, 5.74) is 2.42. The van der Waals surface area contributed by atoms with E-state index in [9.17, 15) is 9.59 Å². The molecule has 1 saturated heterocycles. The second-order valence-corrected chi connectivity index (χ2v) is 10.8. The lowest BCUT2D eigenvalue weighted by Crippen LogP contribution is -2.55. The Labute approximate surface area is 250 Å². The zero-order valence-electron chi connectivity index (χ0n) is 24.4. The number of aromatic nitrogens is 2. The van der Waals surface area contributed by atoms with Crippen LogP contribution in [0.5, 0.6) is 11.5 Å². The molecule has 1 aromatic heterocycles. The largest absolute Gasteiger partial charge is 0.497 e. The smallest absolute Gasteiger partial charge is 0.327 e. The molecule has 1 aliphatic rings. The van der Waals surface area contributed by atoms with E-state index in [0.717, 1.165) is 18.7 Å². The van der Waals surface area contributed by atoms with Crippen molar-refractivity contribution < 1.29 is 14.3 Å². The van der Waals surface area contributed by atoms with Crippen LogP contribution in [-0.4, -0.2) is 68.0 Å². The Morgan fingerprint density at radius 3 is 2.38 bits per heavy atom. The third-order valence-corrected chi connectivity index (χ3v) is 7.76. The highest BCUT2D eigenvalue weighted by molar-refractivity contribution is 6.30. The van der Waals surface area contributed by atoms with Crippen molar-refractivity contribution in [1.82, 2.24) is 14.6 Å². The number of aryl methyl sites for hydroxylation is 1. The van der Waals surface area contributed by atoms with Crippen LogP contribution in [0, 0.1) is 6.92 Å². The summed E-state index contributed by atoms with van der Waals surface area (Å²) in [7, 11) is 5.16. The van der Waals surface area contributed by atoms with Gasteiger partial charge in [0.2, 0.25) is 0 Å². The number of hydrogen-bond donors (Lipinski definition) is 1. The lowest BCUT2D eigenvalue weighted by Gasteiger charge is -2.38. The Kier molecular flexibility index (Phi) is 8.56. The van der Waals surface area contributed by atoms with Crippen molar-refractivity contribution in [3.63, 3.8) is 0 Å². The van der Waals surface area contributed by atoms with Gasteiger partial charge in [0.1, 0.15) is 11.5 Å². The number of ether oxygens (including phenoxy) is 2. The quantitative estimate of drug-likeness (QED) is 0.322. The number of halogens is 1. The number of anilines is 2. The van der Waals surface area contributed by atoms with E-state index in [1.165, 1.54) is 7.11 Å². The molecule has 5 rings (SSSR count). The van der Waals surface area contributed by atoms with Gasteiger partial charge >= 0.3 is 6.03 Å². The van der Waals surface area contributed by atoms with Gasteiger partial charge in [-0.25, -0.2) is 14.5 Å². The van der Waals surface area contributed by atoms with Crippen LogP contribution in [0.25, 0.3) is 10.9 Å². The number of carbonyl (C=O) groups excluding carboxylic acids is 1. The zero-order valence-corrected chi connectivity index (χ0v) is 25.2. The summed E-state index contributed by atoms with van der Waals surface area (Å²) in [4.78, 5) is 37.0. The van der Waals surface area contributed by atoms with Crippen molar-refractivity contribution in [3.05, 3.63) is 87.4 Å². The minimum Gasteiger partial charge on any atom is -0.497 e. The highest BCUT2D eigenvalue weighted by atomic mass is 35.5. The number of fused-ring (bicyclic) bond motifs is 1. The molecule has 10 nitrogen and oxygen atoms in total. The number of benzene rings is 3. The molecule has 0 saturated carbocycles. The van der Waals surface area contributed by atoms with Crippen LogP contribution < -0.4 is 30.3 Å². The van der Waals surface area contributed by atoms with Crippen molar-refractivity contribution in [2.75, 3.05) is 62.7 Å². The predicted octanol–water partition coefficient (Wildman–Crippen LogP) is 5.06. The van der Waals surface area contributed by atoms with Crippen LogP contribution in [0.3, 0.4) is 0 Å². The Morgan fingerprint density at radius 1 is 1.00 bits per heavy atom. The monoisotopic (exact) mass is 590 g/mol. The minimum absolute atomic E-state index is 0.171. The fraction of sp³-hybridized carbons (Fsp3) is 0.323. The molecule has 1 aliphatic heterocycles. The van der Waals surface area contributed by atoms with Crippen LogP contribution in [0.15, 0.2) is 65.5 Å². The molecule has 0 spiro atoms. The summed E-state index contributed by atoms with van der Waals surface area (Å²) >= 11 is 6.08. The second kappa shape index (κ2) is 12.3. The van der Waals surface area contributed by atoms with Gasteiger partial charge in [-0.3, -0.25) is 9.69 Å². The molecule has 2 heterocycles. The number of nitrogens with zero attached hydrogens (tertiary/aromatic N) is 5. The number of carbonyl (C=O) groups is 1. The number of piperazine rings is 1. The molecule has 0 bridgehead atoms. The van der Waals surface area contributed by atoms with Gasteiger partial charge in [-0.15, -0.1) is 0 Å². The summed E-state index contributed by atoms with van der Waals surface area (Å²) < 4.78 is 12.8. The molecular formula is C31H35ClN6O4. The standard InChI is InChI=1S/C31H35ClN6O4/c1-20-6-12-26-25(18-20)30(39)38(36-16-14-35(3)15-17-36)29(34-26)21(2)37(27-13-11-24(41-4)19-28(27)42-5)31(40)33-23-9-7-22(32)8-10-23/h6-13,18-19,21H,14-17H2,1-5H3,(H,33,40). The van der Waals surface area contributed by atoms with Crippen LogP contribution in [0.2, 0.25) is 5.02 Å². The summed E-state index contributed by atoms with van der Waals surface area (Å²) in [6.45, 7) is 6.67. The van der Waals surface area contributed by atoms with Gasteiger partial charge in [0.15, 0.2) is 5.82 Å². The van der Waals surface area contributed by atoms with Crippen molar-refractivity contribution in [2.45, 2.75) is 19.9 Å². The van der Waals surface area contributed by atoms with Gasteiger partial charge in [0.05, 0.1) is 36.9 Å².